The average Bonchev–Trinajstić information content (AvgIpc) is 3.32. The van der Waals surface area contributed by atoms with E-state index in [1.54, 1.807) is 31.5 Å². The van der Waals surface area contributed by atoms with Crippen LogP contribution in [0.5, 0.6) is 5.75 Å². The van der Waals surface area contributed by atoms with Gasteiger partial charge in [-0.3, -0.25) is 9.78 Å². The van der Waals surface area contributed by atoms with Crippen LogP contribution >= 0.6 is 11.6 Å². The van der Waals surface area contributed by atoms with Crippen molar-refractivity contribution in [1.29, 1.82) is 0 Å². The minimum absolute atomic E-state index is 0.0595. The van der Waals surface area contributed by atoms with Gasteiger partial charge in [0.05, 0.1) is 29.9 Å². The molecular formula is C21H23ClN4O2. The largest absolute Gasteiger partial charge is 0.496 e. The van der Waals surface area contributed by atoms with Gasteiger partial charge in [0.2, 0.25) is 0 Å². The van der Waals surface area contributed by atoms with Crippen molar-refractivity contribution in [2.24, 2.45) is 0 Å². The van der Waals surface area contributed by atoms with Gasteiger partial charge in [0, 0.05) is 36.3 Å². The summed E-state index contributed by atoms with van der Waals surface area (Å²) in [5.74, 6) is 1.68. The highest BCUT2D eigenvalue weighted by Crippen LogP contribution is 2.33. The van der Waals surface area contributed by atoms with Gasteiger partial charge in [0.15, 0.2) is 0 Å². The summed E-state index contributed by atoms with van der Waals surface area (Å²) >= 11 is 6.10. The van der Waals surface area contributed by atoms with E-state index in [9.17, 15) is 4.79 Å². The van der Waals surface area contributed by atoms with E-state index in [1.165, 1.54) is 0 Å². The van der Waals surface area contributed by atoms with E-state index in [1.807, 2.05) is 17.2 Å². The molecule has 1 saturated heterocycles. The number of aromatic nitrogens is 3. The Kier molecular flexibility index (Phi) is 4.98. The molecule has 0 radical (unpaired) electrons. The first kappa shape index (κ1) is 18.7. The number of fused-ring (bicyclic) bond motifs is 1. The molecular weight excluding hydrogens is 376 g/mol. The van der Waals surface area contributed by atoms with Crippen molar-refractivity contribution in [3.8, 4) is 5.75 Å². The maximum absolute atomic E-state index is 13.1. The molecule has 3 heterocycles. The molecule has 1 aliphatic rings. The number of nitrogens with zero attached hydrogens (tertiary/aromatic N) is 4. The summed E-state index contributed by atoms with van der Waals surface area (Å²) < 4.78 is 7.59. The minimum atomic E-state index is -0.0595. The molecule has 4 rings (SSSR count). The zero-order valence-corrected chi connectivity index (χ0v) is 17.0. The number of benzene rings is 1. The number of halogens is 1. The van der Waals surface area contributed by atoms with E-state index in [0.717, 1.165) is 23.3 Å². The molecule has 7 heteroatoms. The lowest BCUT2D eigenvalue weighted by Crippen LogP contribution is -2.29. The van der Waals surface area contributed by atoms with E-state index in [0.29, 0.717) is 29.4 Å². The lowest BCUT2D eigenvalue weighted by atomic mass is 10.1. The number of likely N-dealkylation sites (tertiary alicyclic amines) is 1. The van der Waals surface area contributed by atoms with E-state index >= 15 is 0 Å². The second-order valence-corrected chi connectivity index (χ2v) is 7.82. The number of carbonyl (C=O) groups is 1. The van der Waals surface area contributed by atoms with Crippen LogP contribution < -0.4 is 4.74 Å². The van der Waals surface area contributed by atoms with E-state index in [-0.39, 0.29) is 17.9 Å². The van der Waals surface area contributed by atoms with Crippen molar-refractivity contribution < 1.29 is 9.53 Å². The molecule has 0 N–H and O–H groups in total. The van der Waals surface area contributed by atoms with Gasteiger partial charge in [-0.1, -0.05) is 11.6 Å². The molecule has 1 aromatic carbocycles. The van der Waals surface area contributed by atoms with Crippen LogP contribution in [0, 0.1) is 0 Å². The molecule has 146 valence electrons. The van der Waals surface area contributed by atoms with Crippen LogP contribution in [0.4, 0.5) is 0 Å². The van der Waals surface area contributed by atoms with Gasteiger partial charge in [0.1, 0.15) is 11.6 Å². The van der Waals surface area contributed by atoms with Crippen LogP contribution in [-0.4, -0.2) is 45.5 Å². The molecule has 0 saturated carbocycles. The summed E-state index contributed by atoms with van der Waals surface area (Å²) in [5.41, 5.74) is 2.48. The predicted octanol–water partition coefficient (Wildman–Crippen LogP) is 4.30. The summed E-state index contributed by atoms with van der Waals surface area (Å²) in [6, 6.07) is 7.33. The van der Waals surface area contributed by atoms with Crippen LogP contribution in [0.15, 0.2) is 36.7 Å². The Balaban J connectivity index is 1.63. The highest BCUT2D eigenvalue weighted by molar-refractivity contribution is 6.31. The minimum Gasteiger partial charge on any atom is -0.496 e. The fraction of sp³-hybridized carbons (Fsp3) is 0.381. The molecule has 0 aliphatic carbocycles. The zero-order valence-electron chi connectivity index (χ0n) is 16.2. The molecule has 1 amide bonds. The van der Waals surface area contributed by atoms with Crippen LogP contribution in [0.2, 0.25) is 5.02 Å². The third-order valence-electron chi connectivity index (χ3n) is 5.27. The summed E-state index contributed by atoms with van der Waals surface area (Å²) in [7, 11) is 1.56. The maximum Gasteiger partial charge on any atom is 0.257 e. The maximum atomic E-state index is 13.1. The SMILES string of the molecule is COc1ccc(Cl)cc1C(=O)N1CC[C@H](c2nc3ccncc3n2C(C)C)C1. The van der Waals surface area contributed by atoms with Crippen LogP contribution in [0.3, 0.4) is 0 Å². The van der Waals surface area contributed by atoms with Crippen molar-refractivity contribution in [3.63, 3.8) is 0 Å². The highest BCUT2D eigenvalue weighted by atomic mass is 35.5. The molecule has 1 atom stereocenters. The number of methoxy groups -OCH3 is 1. The third kappa shape index (κ3) is 3.22. The molecule has 6 nitrogen and oxygen atoms in total. The Hall–Kier alpha value is -2.60. The molecule has 3 aromatic rings. The number of amides is 1. The monoisotopic (exact) mass is 398 g/mol. The molecule has 1 aliphatic heterocycles. The van der Waals surface area contributed by atoms with Gasteiger partial charge < -0.3 is 14.2 Å². The van der Waals surface area contributed by atoms with Gasteiger partial charge in [-0.15, -0.1) is 0 Å². The lowest BCUT2D eigenvalue weighted by molar-refractivity contribution is 0.0787. The average molecular weight is 399 g/mol. The van der Waals surface area contributed by atoms with Crippen molar-refractivity contribution in [2.75, 3.05) is 20.2 Å². The van der Waals surface area contributed by atoms with Crippen molar-refractivity contribution >= 4 is 28.5 Å². The predicted molar refractivity (Wildman–Crippen MR) is 109 cm³/mol. The lowest BCUT2D eigenvalue weighted by Gasteiger charge is -2.19. The van der Waals surface area contributed by atoms with Crippen molar-refractivity contribution in [2.45, 2.75) is 32.2 Å². The Morgan fingerprint density at radius 1 is 1.32 bits per heavy atom. The fourth-order valence-electron chi connectivity index (χ4n) is 3.96. The van der Waals surface area contributed by atoms with E-state index in [2.05, 4.69) is 23.4 Å². The summed E-state index contributed by atoms with van der Waals surface area (Å²) in [4.78, 5) is 24.1. The van der Waals surface area contributed by atoms with Gasteiger partial charge in [-0.05, 0) is 44.5 Å². The second kappa shape index (κ2) is 7.43. The first-order valence-electron chi connectivity index (χ1n) is 9.44. The summed E-state index contributed by atoms with van der Waals surface area (Å²) in [6.45, 7) is 5.59. The number of imidazole rings is 1. The number of hydrogen-bond acceptors (Lipinski definition) is 4. The number of pyridine rings is 1. The quantitative estimate of drug-likeness (QED) is 0.657. The first-order valence-corrected chi connectivity index (χ1v) is 9.82. The molecule has 2 aromatic heterocycles. The zero-order chi connectivity index (χ0) is 19.8. The van der Waals surface area contributed by atoms with Crippen LogP contribution in [0.25, 0.3) is 11.0 Å². The molecule has 0 unspecified atom stereocenters. The van der Waals surface area contributed by atoms with Crippen molar-refractivity contribution in [3.05, 3.63) is 53.1 Å². The first-order chi connectivity index (χ1) is 13.5. The number of carbonyl (C=O) groups excluding carboxylic acids is 1. The molecule has 0 bridgehead atoms. The Morgan fingerprint density at radius 2 is 2.14 bits per heavy atom. The highest BCUT2D eigenvalue weighted by Gasteiger charge is 2.33. The number of hydrogen-bond donors (Lipinski definition) is 0. The smallest absolute Gasteiger partial charge is 0.257 e. The van der Waals surface area contributed by atoms with Gasteiger partial charge in [0.25, 0.3) is 5.91 Å². The summed E-state index contributed by atoms with van der Waals surface area (Å²) in [6.07, 6.45) is 4.50. The third-order valence-corrected chi connectivity index (χ3v) is 5.50. The normalized spacial score (nSPS) is 16.9. The van der Waals surface area contributed by atoms with Crippen LogP contribution in [0.1, 0.15) is 48.4 Å². The van der Waals surface area contributed by atoms with Gasteiger partial charge in [-0.2, -0.15) is 0 Å². The standard InChI is InChI=1S/C21H23ClN4O2/c1-13(2)26-18-11-23-8-6-17(18)24-20(26)14-7-9-25(12-14)21(27)16-10-15(22)4-5-19(16)28-3/h4-6,8,10-11,13-14H,7,9,12H2,1-3H3/t14-/m0/s1. The molecule has 28 heavy (non-hydrogen) atoms. The van der Waals surface area contributed by atoms with Gasteiger partial charge in [-0.25, -0.2) is 4.98 Å². The fourth-order valence-corrected chi connectivity index (χ4v) is 4.14. The molecule has 1 fully saturated rings. The van der Waals surface area contributed by atoms with Crippen LogP contribution in [-0.2, 0) is 0 Å². The molecule has 0 spiro atoms. The van der Waals surface area contributed by atoms with E-state index in [4.69, 9.17) is 21.3 Å². The van der Waals surface area contributed by atoms with Crippen molar-refractivity contribution in [1.82, 2.24) is 19.4 Å². The number of rotatable bonds is 4. The Morgan fingerprint density at radius 3 is 2.89 bits per heavy atom. The van der Waals surface area contributed by atoms with Gasteiger partial charge >= 0.3 is 0 Å². The second-order valence-electron chi connectivity index (χ2n) is 7.38. The number of ether oxygens (including phenoxy) is 1. The Labute approximate surface area is 169 Å². The Bertz CT molecular complexity index is 1030. The topological polar surface area (TPSA) is 60.2 Å². The van der Waals surface area contributed by atoms with E-state index < -0.39 is 0 Å². The summed E-state index contributed by atoms with van der Waals surface area (Å²) in [5, 5.41) is 0.522.